The minimum absolute atomic E-state index is 0.0509. The van der Waals surface area contributed by atoms with Crippen molar-refractivity contribution in [3.8, 4) is 0 Å². The number of carbonyl (C=O) groups is 1. The topological polar surface area (TPSA) is 40.5 Å². The number of carboxylic acids is 1. The van der Waals surface area contributed by atoms with Gasteiger partial charge in [-0.15, -0.1) is 0 Å². The van der Waals surface area contributed by atoms with Crippen LogP contribution in [0.5, 0.6) is 0 Å². The predicted octanol–water partition coefficient (Wildman–Crippen LogP) is 0.895. The molecule has 0 radical (unpaired) electrons. The van der Waals surface area contributed by atoms with Crippen LogP contribution in [0.1, 0.15) is 19.3 Å². The first-order valence-electron chi connectivity index (χ1n) is 4.29. The molecule has 0 saturated carbocycles. The van der Waals surface area contributed by atoms with Crippen LogP contribution < -0.4 is 0 Å². The van der Waals surface area contributed by atoms with Gasteiger partial charge in [-0.05, 0) is 25.9 Å². The first-order valence-corrected chi connectivity index (χ1v) is 4.29. The Morgan fingerprint density at radius 3 is 2.50 bits per heavy atom. The minimum Gasteiger partial charge on any atom is -0.479 e. The molecule has 1 heterocycles. The molecule has 1 rings (SSSR count). The summed E-state index contributed by atoms with van der Waals surface area (Å²) in [6.07, 6.45) is 1.59. The van der Waals surface area contributed by atoms with E-state index in [0.29, 0.717) is 0 Å². The Morgan fingerprint density at radius 1 is 1.42 bits per heavy atom. The number of piperidine rings is 1. The average molecular weight is 175 g/mol. The summed E-state index contributed by atoms with van der Waals surface area (Å²) in [7, 11) is 0. The molecule has 0 aliphatic carbocycles. The molecular weight excluding hydrogens is 161 g/mol. The van der Waals surface area contributed by atoms with E-state index in [-0.39, 0.29) is 6.54 Å². The zero-order valence-corrected chi connectivity index (χ0v) is 7.00. The van der Waals surface area contributed by atoms with Gasteiger partial charge in [0.25, 0.3) is 0 Å². The number of hydrogen-bond acceptors (Lipinski definition) is 2. The summed E-state index contributed by atoms with van der Waals surface area (Å²) in [4.78, 5) is 12.0. The number of likely N-dealkylation sites (tertiary alicyclic amines) is 1. The third kappa shape index (κ3) is 2.77. The van der Waals surface area contributed by atoms with Gasteiger partial charge in [0.15, 0.2) is 0 Å². The van der Waals surface area contributed by atoms with E-state index in [0.717, 1.165) is 25.9 Å². The number of nitrogens with zero attached hydrogens (tertiary/aromatic N) is 1. The van der Waals surface area contributed by atoms with Gasteiger partial charge >= 0.3 is 5.97 Å². The standard InChI is InChI=1S/C8H14FNO2/c9-7(8(11)12)6-10-4-2-1-3-5-10/h7H,1-6H2,(H,11,12). The molecule has 1 saturated heterocycles. The van der Waals surface area contributed by atoms with Crippen LogP contribution in [0.2, 0.25) is 0 Å². The summed E-state index contributed by atoms with van der Waals surface area (Å²) in [5, 5.41) is 8.31. The Kier molecular flexibility index (Phi) is 3.47. The Morgan fingerprint density at radius 2 is 2.00 bits per heavy atom. The smallest absolute Gasteiger partial charge is 0.339 e. The molecule has 70 valence electrons. The first-order chi connectivity index (χ1) is 5.70. The van der Waals surface area contributed by atoms with Crippen molar-refractivity contribution in [3.63, 3.8) is 0 Å². The maximum absolute atomic E-state index is 12.7. The molecule has 0 aromatic rings. The Labute approximate surface area is 71.2 Å². The highest BCUT2D eigenvalue weighted by molar-refractivity contribution is 5.72. The lowest BCUT2D eigenvalue weighted by Crippen LogP contribution is -2.37. The Hall–Kier alpha value is -0.640. The maximum Gasteiger partial charge on any atom is 0.339 e. The van der Waals surface area contributed by atoms with E-state index in [2.05, 4.69) is 0 Å². The molecule has 1 atom stereocenters. The highest BCUT2D eigenvalue weighted by atomic mass is 19.1. The molecule has 0 aromatic carbocycles. The van der Waals surface area contributed by atoms with Crippen LogP contribution in [0.4, 0.5) is 4.39 Å². The van der Waals surface area contributed by atoms with Crippen LogP contribution in [0.15, 0.2) is 0 Å². The SMILES string of the molecule is O=C(O)C(F)CN1CCCCC1. The predicted molar refractivity (Wildman–Crippen MR) is 42.8 cm³/mol. The average Bonchev–Trinajstić information content (AvgIpc) is 2.06. The van der Waals surface area contributed by atoms with Crippen LogP contribution in [0.25, 0.3) is 0 Å². The van der Waals surface area contributed by atoms with Crippen molar-refractivity contribution in [1.29, 1.82) is 0 Å². The summed E-state index contributed by atoms with van der Waals surface area (Å²) in [5.74, 6) is -1.35. The third-order valence-electron chi connectivity index (χ3n) is 2.14. The van der Waals surface area contributed by atoms with Crippen LogP contribution in [-0.4, -0.2) is 41.8 Å². The van der Waals surface area contributed by atoms with E-state index < -0.39 is 12.1 Å². The molecule has 1 unspecified atom stereocenters. The van der Waals surface area contributed by atoms with Crippen LogP contribution in [0.3, 0.4) is 0 Å². The van der Waals surface area contributed by atoms with Gasteiger partial charge in [-0.3, -0.25) is 4.90 Å². The summed E-state index contributed by atoms with van der Waals surface area (Å²) < 4.78 is 12.7. The first kappa shape index (κ1) is 9.45. The maximum atomic E-state index is 12.7. The Bertz CT molecular complexity index is 157. The molecule has 1 fully saturated rings. The largest absolute Gasteiger partial charge is 0.479 e. The molecule has 1 aliphatic rings. The summed E-state index contributed by atoms with van der Waals surface area (Å²) >= 11 is 0. The normalized spacial score (nSPS) is 22.1. The van der Waals surface area contributed by atoms with Crippen molar-refractivity contribution in [2.45, 2.75) is 25.4 Å². The lowest BCUT2D eigenvalue weighted by molar-refractivity contribution is -0.143. The van der Waals surface area contributed by atoms with E-state index in [9.17, 15) is 9.18 Å². The van der Waals surface area contributed by atoms with Gasteiger partial charge in [0.1, 0.15) is 0 Å². The molecule has 12 heavy (non-hydrogen) atoms. The minimum atomic E-state index is -1.72. The number of carboxylic acid groups (broad SMARTS) is 1. The quantitative estimate of drug-likeness (QED) is 0.692. The molecule has 3 nitrogen and oxygen atoms in total. The molecule has 0 bridgehead atoms. The molecule has 0 aromatic heterocycles. The zero-order chi connectivity index (χ0) is 8.97. The van der Waals surface area contributed by atoms with E-state index in [1.54, 1.807) is 0 Å². The molecule has 0 spiro atoms. The van der Waals surface area contributed by atoms with Crippen molar-refractivity contribution < 1.29 is 14.3 Å². The van der Waals surface area contributed by atoms with Gasteiger partial charge in [0.05, 0.1) is 0 Å². The third-order valence-corrected chi connectivity index (χ3v) is 2.14. The van der Waals surface area contributed by atoms with Gasteiger partial charge in [0.2, 0.25) is 6.17 Å². The van der Waals surface area contributed by atoms with Crippen molar-refractivity contribution in [2.75, 3.05) is 19.6 Å². The van der Waals surface area contributed by atoms with Crippen molar-refractivity contribution >= 4 is 5.97 Å². The van der Waals surface area contributed by atoms with Crippen LogP contribution in [0, 0.1) is 0 Å². The van der Waals surface area contributed by atoms with Crippen molar-refractivity contribution in [3.05, 3.63) is 0 Å². The number of hydrogen-bond donors (Lipinski definition) is 1. The van der Waals surface area contributed by atoms with Crippen LogP contribution >= 0.6 is 0 Å². The highest BCUT2D eigenvalue weighted by Gasteiger charge is 2.20. The van der Waals surface area contributed by atoms with Crippen LogP contribution in [-0.2, 0) is 4.79 Å². The second-order valence-corrected chi connectivity index (χ2v) is 3.17. The number of aliphatic carboxylic acids is 1. The van der Waals surface area contributed by atoms with E-state index >= 15 is 0 Å². The van der Waals surface area contributed by atoms with E-state index in [4.69, 9.17) is 5.11 Å². The Balaban J connectivity index is 2.24. The summed E-state index contributed by atoms with van der Waals surface area (Å²) in [6, 6.07) is 0. The lowest BCUT2D eigenvalue weighted by Gasteiger charge is -2.26. The van der Waals surface area contributed by atoms with Gasteiger partial charge in [-0.1, -0.05) is 6.42 Å². The molecule has 0 amide bonds. The van der Waals surface area contributed by atoms with Gasteiger partial charge < -0.3 is 5.11 Å². The van der Waals surface area contributed by atoms with Gasteiger partial charge in [-0.2, -0.15) is 0 Å². The number of alkyl halides is 1. The van der Waals surface area contributed by atoms with E-state index in [1.165, 1.54) is 6.42 Å². The van der Waals surface area contributed by atoms with Gasteiger partial charge in [0, 0.05) is 6.54 Å². The van der Waals surface area contributed by atoms with Gasteiger partial charge in [-0.25, -0.2) is 9.18 Å². The summed E-state index contributed by atoms with van der Waals surface area (Å²) in [6.45, 7) is 1.73. The zero-order valence-electron chi connectivity index (χ0n) is 7.00. The van der Waals surface area contributed by atoms with Crippen molar-refractivity contribution in [2.24, 2.45) is 0 Å². The van der Waals surface area contributed by atoms with E-state index in [1.807, 2.05) is 4.90 Å². The molecule has 4 heteroatoms. The second-order valence-electron chi connectivity index (χ2n) is 3.17. The van der Waals surface area contributed by atoms with Crippen molar-refractivity contribution in [1.82, 2.24) is 4.90 Å². The lowest BCUT2D eigenvalue weighted by atomic mass is 10.1. The number of halogens is 1. The fraction of sp³-hybridized carbons (Fsp3) is 0.875. The highest BCUT2D eigenvalue weighted by Crippen LogP contribution is 2.09. The molecule has 1 aliphatic heterocycles. The molecule has 1 N–H and O–H groups in total. The summed E-state index contributed by atoms with van der Waals surface area (Å²) in [5.41, 5.74) is 0. The second kappa shape index (κ2) is 4.40. The fourth-order valence-electron chi connectivity index (χ4n) is 1.45. The monoisotopic (exact) mass is 175 g/mol. The molecular formula is C8H14FNO2. The number of rotatable bonds is 3. The fourth-order valence-corrected chi connectivity index (χ4v) is 1.45.